The molecule has 0 radical (unpaired) electrons. The SMILES string of the molecule is O=C(CO)CCCCCCC(=O)Nc1ccc2c(c1)CC/C(=C\c1cc(C(F)(F)F)cc(C(F)(F)F)c1)C2=O. The lowest BCUT2D eigenvalue weighted by Crippen LogP contribution is -2.16. The number of unbranched alkanes of at least 4 members (excludes halogenated alkanes) is 3. The molecular weight excluding hydrogens is 528 g/mol. The van der Waals surface area contributed by atoms with Gasteiger partial charge in [-0.25, -0.2) is 0 Å². The number of benzene rings is 2. The number of fused-ring (bicyclic) bond motifs is 1. The number of carbonyl (C=O) groups is 3. The highest BCUT2D eigenvalue weighted by Gasteiger charge is 2.37. The van der Waals surface area contributed by atoms with Crippen LogP contribution in [0.1, 0.15) is 77.6 Å². The summed E-state index contributed by atoms with van der Waals surface area (Å²) >= 11 is 0. The molecule has 3 rings (SSSR count). The zero-order valence-electron chi connectivity index (χ0n) is 20.8. The maximum atomic E-state index is 13.2. The standard InChI is InChI=1S/C28H27F6NO4/c29-27(30,31)20-12-17(13-21(15-20)28(32,33)34)11-19-8-7-18-14-22(9-10-24(18)26(19)39)35-25(38)6-4-2-1-3-5-23(37)16-36/h9-15,36H,1-8,16H2,(H,35,38)/b19-11+. The van der Waals surface area contributed by atoms with E-state index in [1.165, 1.54) is 12.1 Å². The van der Waals surface area contributed by atoms with E-state index in [0.717, 1.165) is 18.9 Å². The number of Topliss-reactive ketones (excluding diaryl/α,β-unsaturated/α-hetero) is 2. The van der Waals surface area contributed by atoms with Crippen molar-refractivity contribution in [1.29, 1.82) is 0 Å². The van der Waals surface area contributed by atoms with Crippen LogP contribution in [0.3, 0.4) is 0 Å². The number of aryl methyl sites for hydroxylation is 1. The number of carbonyl (C=O) groups excluding carboxylic acids is 3. The Morgan fingerprint density at radius 2 is 1.46 bits per heavy atom. The molecule has 1 aliphatic carbocycles. The van der Waals surface area contributed by atoms with Gasteiger partial charge in [-0.05, 0) is 79.3 Å². The topological polar surface area (TPSA) is 83.5 Å². The summed E-state index contributed by atoms with van der Waals surface area (Å²) in [6.07, 6.45) is -5.16. The quantitative estimate of drug-likeness (QED) is 0.192. The van der Waals surface area contributed by atoms with E-state index < -0.39 is 35.9 Å². The summed E-state index contributed by atoms with van der Waals surface area (Å²) < 4.78 is 79.0. The molecule has 0 heterocycles. The number of ketones is 2. The second kappa shape index (κ2) is 12.6. The third-order valence-electron chi connectivity index (χ3n) is 6.33. The minimum Gasteiger partial charge on any atom is -0.389 e. The highest BCUT2D eigenvalue weighted by Crippen LogP contribution is 2.37. The fourth-order valence-corrected chi connectivity index (χ4v) is 4.32. The van der Waals surface area contributed by atoms with Crippen molar-refractivity contribution in [3.8, 4) is 0 Å². The average Bonchev–Trinajstić information content (AvgIpc) is 2.86. The molecular formula is C28H27F6NO4. The molecule has 0 spiro atoms. The summed E-state index contributed by atoms with van der Waals surface area (Å²) in [5.41, 5.74) is -1.83. The maximum Gasteiger partial charge on any atom is 0.416 e. The predicted octanol–water partition coefficient (Wildman–Crippen LogP) is 6.78. The van der Waals surface area contributed by atoms with Crippen molar-refractivity contribution in [2.24, 2.45) is 0 Å². The number of amides is 1. The largest absolute Gasteiger partial charge is 0.416 e. The van der Waals surface area contributed by atoms with Crippen molar-refractivity contribution in [1.82, 2.24) is 0 Å². The van der Waals surface area contributed by atoms with Crippen LogP contribution in [-0.2, 0) is 28.4 Å². The third kappa shape index (κ3) is 8.51. The minimum absolute atomic E-state index is 0.0389. The molecule has 2 aromatic rings. The van der Waals surface area contributed by atoms with E-state index in [2.05, 4.69) is 5.32 Å². The third-order valence-corrected chi connectivity index (χ3v) is 6.33. The molecule has 2 N–H and O–H groups in total. The lowest BCUT2D eigenvalue weighted by molar-refractivity contribution is -0.143. The predicted molar refractivity (Wildman–Crippen MR) is 132 cm³/mol. The summed E-state index contributed by atoms with van der Waals surface area (Å²) in [5, 5.41) is 11.4. The summed E-state index contributed by atoms with van der Waals surface area (Å²) in [4.78, 5) is 36.3. The van der Waals surface area contributed by atoms with Crippen molar-refractivity contribution in [3.63, 3.8) is 0 Å². The van der Waals surface area contributed by atoms with Gasteiger partial charge in [0.2, 0.25) is 5.91 Å². The number of aliphatic hydroxyl groups excluding tert-OH is 1. The Kier molecular flexibility index (Phi) is 9.71. The van der Waals surface area contributed by atoms with Gasteiger partial charge in [-0.15, -0.1) is 0 Å². The summed E-state index contributed by atoms with van der Waals surface area (Å²) in [7, 11) is 0. The number of hydrogen-bond acceptors (Lipinski definition) is 4. The molecule has 0 bridgehead atoms. The molecule has 39 heavy (non-hydrogen) atoms. The molecule has 0 saturated carbocycles. The Morgan fingerprint density at radius 1 is 0.846 bits per heavy atom. The monoisotopic (exact) mass is 555 g/mol. The minimum atomic E-state index is -4.99. The van der Waals surface area contributed by atoms with Gasteiger partial charge in [0.25, 0.3) is 0 Å². The number of halogens is 6. The molecule has 2 aromatic carbocycles. The highest BCUT2D eigenvalue weighted by atomic mass is 19.4. The normalized spacial score (nSPS) is 14.8. The molecule has 0 aliphatic heterocycles. The van der Waals surface area contributed by atoms with E-state index in [-0.39, 0.29) is 47.3 Å². The average molecular weight is 556 g/mol. The second-order valence-electron chi connectivity index (χ2n) is 9.37. The Hall–Kier alpha value is -3.47. The van der Waals surface area contributed by atoms with Gasteiger partial charge in [-0.1, -0.05) is 12.8 Å². The molecule has 0 aromatic heterocycles. The van der Waals surface area contributed by atoms with E-state index in [0.29, 0.717) is 49.1 Å². The van der Waals surface area contributed by atoms with E-state index in [1.807, 2.05) is 0 Å². The fourth-order valence-electron chi connectivity index (χ4n) is 4.32. The van der Waals surface area contributed by atoms with Crippen molar-refractivity contribution in [2.75, 3.05) is 11.9 Å². The van der Waals surface area contributed by atoms with Crippen molar-refractivity contribution >= 4 is 29.2 Å². The number of aliphatic hydroxyl groups is 1. The summed E-state index contributed by atoms with van der Waals surface area (Å²) in [5.74, 6) is -0.943. The number of alkyl halides is 6. The Morgan fingerprint density at radius 3 is 2.05 bits per heavy atom. The number of rotatable bonds is 10. The van der Waals surface area contributed by atoms with Crippen molar-refractivity contribution < 1.29 is 45.8 Å². The molecule has 210 valence electrons. The molecule has 1 aliphatic rings. The van der Waals surface area contributed by atoms with Crippen molar-refractivity contribution in [3.05, 3.63) is 69.8 Å². The first-order chi connectivity index (χ1) is 18.3. The Bertz CT molecular complexity index is 1230. The lowest BCUT2D eigenvalue weighted by Gasteiger charge is -2.19. The molecule has 0 fully saturated rings. The van der Waals surface area contributed by atoms with E-state index in [4.69, 9.17) is 5.11 Å². The Balaban J connectivity index is 1.66. The smallest absolute Gasteiger partial charge is 0.389 e. The van der Waals surface area contributed by atoms with Gasteiger partial charge in [0.05, 0.1) is 11.1 Å². The maximum absolute atomic E-state index is 13.2. The van der Waals surface area contributed by atoms with E-state index in [1.54, 1.807) is 6.07 Å². The van der Waals surface area contributed by atoms with Crippen LogP contribution in [0, 0.1) is 0 Å². The molecule has 5 nitrogen and oxygen atoms in total. The van der Waals surface area contributed by atoms with Gasteiger partial charge < -0.3 is 10.4 Å². The molecule has 11 heteroatoms. The molecule has 0 saturated heterocycles. The van der Waals surface area contributed by atoms with Crippen LogP contribution in [0.2, 0.25) is 0 Å². The summed E-state index contributed by atoms with van der Waals surface area (Å²) in [6, 6.07) is 5.83. The van der Waals surface area contributed by atoms with Gasteiger partial charge in [-0.2, -0.15) is 26.3 Å². The second-order valence-corrected chi connectivity index (χ2v) is 9.37. The van der Waals surface area contributed by atoms with Crippen LogP contribution < -0.4 is 5.32 Å². The fraction of sp³-hybridized carbons (Fsp3) is 0.393. The number of nitrogens with one attached hydrogen (secondary N) is 1. The van der Waals surface area contributed by atoms with Gasteiger partial charge in [-0.3, -0.25) is 14.4 Å². The molecule has 0 atom stereocenters. The van der Waals surface area contributed by atoms with Gasteiger partial charge >= 0.3 is 12.4 Å². The first kappa shape index (κ1) is 30.1. The van der Waals surface area contributed by atoms with Crippen LogP contribution in [-0.4, -0.2) is 29.2 Å². The zero-order valence-corrected chi connectivity index (χ0v) is 20.8. The summed E-state index contributed by atoms with van der Waals surface area (Å²) in [6.45, 7) is -0.467. The van der Waals surface area contributed by atoms with Crippen LogP contribution in [0.5, 0.6) is 0 Å². The van der Waals surface area contributed by atoms with Crippen molar-refractivity contribution in [2.45, 2.75) is 63.7 Å². The molecule has 1 amide bonds. The van der Waals surface area contributed by atoms with Gasteiger partial charge in [0, 0.05) is 29.7 Å². The van der Waals surface area contributed by atoms with E-state index >= 15 is 0 Å². The van der Waals surface area contributed by atoms with Gasteiger partial charge in [0.15, 0.2) is 11.6 Å². The first-order valence-electron chi connectivity index (χ1n) is 12.4. The van der Waals surface area contributed by atoms with Crippen LogP contribution in [0.15, 0.2) is 42.0 Å². The first-order valence-corrected chi connectivity index (χ1v) is 12.4. The van der Waals surface area contributed by atoms with E-state index in [9.17, 15) is 40.7 Å². The van der Waals surface area contributed by atoms with Gasteiger partial charge in [0.1, 0.15) is 6.61 Å². The number of anilines is 1. The number of allylic oxidation sites excluding steroid dienone is 1. The Labute approximate surface area is 220 Å². The number of hydrogen-bond donors (Lipinski definition) is 2. The molecule has 0 unspecified atom stereocenters. The highest BCUT2D eigenvalue weighted by molar-refractivity contribution is 6.13. The van der Waals surface area contributed by atoms with Crippen LogP contribution >= 0.6 is 0 Å². The zero-order chi connectivity index (χ0) is 28.8. The lowest BCUT2D eigenvalue weighted by atomic mass is 9.85. The van der Waals surface area contributed by atoms with Crippen LogP contribution in [0.25, 0.3) is 6.08 Å². The van der Waals surface area contributed by atoms with Crippen LogP contribution in [0.4, 0.5) is 32.0 Å².